The molecule has 3 aromatic carbocycles. The van der Waals surface area contributed by atoms with Crippen molar-refractivity contribution in [2.75, 3.05) is 5.32 Å². The van der Waals surface area contributed by atoms with Crippen molar-refractivity contribution in [2.45, 2.75) is 45.8 Å². The Balaban J connectivity index is 1.42. The second-order valence-corrected chi connectivity index (χ2v) is 8.91. The van der Waals surface area contributed by atoms with E-state index >= 15 is 0 Å². The summed E-state index contributed by atoms with van der Waals surface area (Å²) in [7, 11) is 0. The predicted octanol–water partition coefficient (Wildman–Crippen LogP) is 7.55. The number of amides is 1. The summed E-state index contributed by atoms with van der Waals surface area (Å²) in [6.07, 6.45) is 0.625. The monoisotopic (exact) mass is 462 g/mol. The highest BCUT2D eigenvalue weighted by molar-refractivity contribution is 6.02. The molecule has 4 nitrogen and oxygen atoms in total. The zero-order chi connectivity index (χ0) is 24.2. The Morgan fingerprint density at radius 1 is 0.941 bits per heavy atom. The van der Waals surface area contributed by atoms with Gasteiger partial charge in [-0.1, -0.05) is 56.3 Å². The van der Waals surface area contributed by atoms with Crippen LogP contribution in [0.5, 0.6) is 0 Å². The van der Waals surface area contributed by atoms with E-state index < -0.39 is 17.7 Å². The van der Waals surface area contributed by atoms with Crippen LogP contribution in [0.2, 0.25) is 0 Å². The van der Waals surface area contributed by atoms with Gasteiger partial charge in [0.05, 0.1) is 11.6 Å². The summed E-state index contributed by atoms with van der Waals surface area (Å²) in [5.74, 6) is -0.899. The van der Waals surface area contributed by atoms with Gasteiger partial charge < -0.3 is 4.74 Å². The Hall–Kier alpha value is -3.54. The van der Waals surface area contributed by atoms with E-state index in [0.29, 0.717) is 24.2 Å². The quantitative estimate of drug-likeness (QED) is 0.411. The predicted molar refractivity (Wildman–Crippen MR) is 131 cm³/mol. The molecule has 0 saturated carbocycles. The molecule has 1 heterocycles. The maximum absolute atomic E-state index is 14.1. The number of hydrogen-bond acceptors (Lipinski definition) is 3. The summed E-state index contributed by atoms with van der Waals surface area (Å²) in [5, 5.41) is 2.75. The van der Waals surface area contributed by atoms with E-state index in [1.807, 2.05) is 69.3 Å². The molecule has 34 heavy (non-hydrogen) atoms. The number of carbonyl (C=O) groups is 1. The van der Waals surface area contributed by atoms with Crippen LogP contribution in [0, 0.1) is 17.6 Å². The first-order valence-electron chi connectivity index (χ1n) is 11.5. The van der Waals surface area contributed by atoms with Gasteiger partial charge in [0.25, 0.3) is 0 Å². The minimum absolute atomic E-state index is 0.0159. The Labute approximate surface area is 198 Å². The van der Waals surface area contributed by atoms with Crippen molar-refractivity contribution in [1.29, 1.82) is 0 Å². The maximum Gasteiger partial charge on any atom is 0.411 e. The van der Waals surface area contributed by atoms with Crippen molar-refractivity contribution >= 4 is 17.5 Å². The Kier molecular flexibility index (Phi) is 7.06. The van der Waals surface area contributed by atoms with Gasteiger partial charge in [0.15, 0.2) is 0 Å². The molecule has 0 saturated heterocycles. The summed E-state index contributed by atoms with van der Waals surface area (Å²) in [5.41, 5.74) is 4.16. The number of benzene rings is 3. The third-order valence-corrected chi connectivity index (χ3v) is 6.21. The van der Waals surface area contributed by atoms with Gasteiger partial charge in [0, 0.05) is 11.4 Å². The van der Waals surface area contributed by atoms with Gasteiger partial charge in [0.2, 0.25) is 0 Å². The molecule has 1 amide bonds. The smallest absolute Gasteiger partial charge is 0.411 e. The molecule has 0 radical (unpaired) electrons. The van der Waals surface area contributed by atoms with Gasteiger partial charge in [-0.25, -0.2) is 13.6 Å². The van der Waals surface area contributed by atoms with E-state index in [1.165, 1.54) is 18.2 Å². The van der Waals surface area contributed by atoms with Crippen LogP contribution in [0.3, 0.4) is 0 Å². The summed E-state index contributed by atoms with van der Waals surface area (Å²) in [4.78, 5) is 16.6. The fourth-order valence-electron chi connectivity index (χ4n) is 3.89. The average molecular weight is 463 g/mol. The number of nitrogens with zero attached hydrogens (tertiary/aromatic N) is 1. The van der Waals surface area contributed by atoms with Crippen molar-refractivity contribution < 1.29 is 18.3 Å². The molecule has 4 rings (SSSR count). The number of halogens is 2. The van der Waals surface area contributed by atoms with Crippen LogP contribution in [0.15, 0.2) is 71.7 Å². The zero-order valence-electron chi connectivity index (χ0n) is 19.5. The zero-order valence-corrected chi connectivity index (χ0v) is 19.5. The van der Waals surface area contributed by atoms with Crippen LogP contribution in [0.4, 0.5) is 19.3 Å². The van der Waals surface area contributed by atoms with Crippen molar-refractivity contribution in [3.05, 3.63) is 89.5 Å². The molecular weight excluding hydrogens is 434 g/mol. The Morgan fingerprint density at radius 2 is 1.53 bits per heavy atom. The molecule has 6 heteroatoms. The number of hydrogen-bond donors (Lipinski definition) is 1. The largest absolute Gasteiger partial charge is 0.446 e. The number of rotatable bonds is 6. The van der Waals surface area contributed by atoms with E-state index in [2.05, 4.69) is 10.3 Å². The van der Waals surface area contributed by atoms with Crippen molar-refractivity contribution in [2.24, 2.45) is 10.9 Å². The SMILES string of the molecule is CC(C)C(C)OC(=O)Nc1ccc(-c2ccc(C3CCC(c4c(F)cccc4F)=N3)cc2)cc1. The number of aliphatic imine (C=N–C) groups is 1. The molecule has 0 spiro atoms. The molecule has 2 unspecified atom stereocenters. The van der Waals surface area contributed by atoms with Gasteiger partial charge in [0.1, 0.15) is 17.7 Å². The molecule has 0 aliphatic carbocycles. The maximum atomic E-state index is 14.1. The minimum atomic E-state index is -0.574. The fraction of sp³-hybridized carbons (Fsp3) is 0.286. The van der Waals surface area contributed by atoms with Gasteiger partial charge in [-0.15, -0.1) is 0 Å². The van der Waals surface area contributed by atoms with Crippen LogP contribution in [0.1, 0.15) is 50.8 Å². The fourth-order valence-corrected chi connectivity index (χ4v) is 3.89. The average Bonchev–Trinajstić information content (AvgIpc) is 3.29. The highest BCUT2D eigenvalue weighted by atomic mass is 19.1. The topological polar surface area (TPSA) is 50.7 Å². The molecule has 0 aromatic heterocycles. The van der Waals surface area contributed by atoms with Crippen molar-refractivity contribution in [3.8, 4) is 11.1 Å². The van der Waals surface area contributed by atoms with E-state index in [1.54, 1.807) is 0 Å². The number of ether oxygens (including phenoxy) is 1. The summed E-state index contributed by atoms with van der Waals surface area (Å²) in [6.45, 7) is 5.87. The molecule has 0 bridgehead atoms. The molecular formula is C28H28F2N2O2. The molecule has 176 valence electrons. The third-order valence-electron chi connectivity index (χ3n) is 6.21. The second-order valence-electron chi connectivity index (χ2n) is 8.91. The highest BCUT2D eigenvalue weighted by Gasteiger charge is 2.24. The highest BCUT2D eigenvalue weighted by Crippen LogP contribution is 2.33. The van der Waals surface area contributed by atoms with Crippen molar-refractivity contribution in [3.63, 3.8) is 0 Å². The lowest BCUT2D eigenvalue weighted by Crippen LogP contribution is -2.23. The van der Waals surface area contributed by atoms with Crippen molar-refractivity contribution in [1.82, 2.24) is 0 Å². The molecule has 1 aliphatic heterocycles. The lowest BCUT2D eigenvalue weighted by Gasteiger charge is -2.17. The minimum Gasteiger partial charge on any atom is -0.446 e. The molecule has 0 fully saturated rings. The molecule has 1 N–H and O–H groups in total. The van der Waals surface area contributed by atoms with E-state index in [4.69, 9.17) is 4.74 Å². The van der Waals surface area contributed by atoms with E-state index in [-0.39, 0.29) is 23.6 Å². The van der Waals surface area contributed by atoms with Crippen LogP contribution >= 0.6 is 0 Å². The van der Waals surface area contributed by atoms with Gasteiger partial charge in [-0.3, -0.25) is 10.3 Å². The van der Waals surface area contributed by atoms with Gasteiger partial charge in [-0.2, -0.15) is 0 Å². The summed E-state index contributed by atoms with van der Waals surface area (Å²) < 4.78 is 33.6. The second kappa shape index (κ2) is 10.2. The van der Waals surface area contributed by atoms with Crippen LogP contribution in [0.25, 0.3) is 11.1 Å². The van der Waals surface area contributed by atoms with E-state index in [0.717, 1.165) is 16.7 Å². The van der Waals surface area contributed by atoms with Gasteiger partial charge >= 0.3 is 6.09 Å². The molecule has 3 aromatic rings. The lowest BCUT2D eigenvalue weighted by molar-refractivity contribution is 0.0940. The van der Waals surface area contributed by atoms with E-state index in [9.17, 15) is 13.6 Å². The Morgan fingerprint density at radius 3 is 2.12 bits per heavy atom. The first-order valence-corrected chi connectivity index (χ1v) is 11.5. The normalized spacial score (nSPS) is 16.3. The number of nitrogens with one attached hydrogen (secondary N) is 1. The standard InChI is InChI=1S/C28H28F2N2O2/c1-17(2)18(3)34-28(33)31-22-13-11-20(12-14-22)19-7-9-21(10-8-19)25-15-16-26(32-25)27-23(29)5-4-6-24(27)30/h4-14,17-18,25H,15-16H2,1-3H3,(H,31,33). The summed E-state index contributed by atoms with van der Waals surface area (Å²) in [6, 6.07) is 19.3. The summed E-state index contributed by atoms with van der Waals surface area (Å²) >= 11 is 0. The molecule has 2 atom stereocenters. The third kappa shape index (κ3) is 5.33. The lowest BCUT2D eigenvalue weighted by atomic mass is 9.99. The number of anilines is 1. The Bertz CT molecular complexity index is 1170. The van der Waals surface area contributed by atoms with Crippen LogP contribution in [-0.4, -0.2) is 17.9 Å². The van der Waals surface area contributed by atoms with Gasteiger partial charge in [-0.05, 0) is 66.6 Å². The number of carbonyl (C=O) groups excluding carboxylic acids is 1. The first-order chi connectivity index (χ1) is 16.3. The first kappa shape index (κ1) is 23.6. The van der Waals surface area contributed by atoms with Crippen LogP contribution in [-0.2, 0) is 4.74 Å². The molecule has 1 aliphatic rings. The van der Waals surface area contributed by atoms with Crippen LogP contribution < -0.4 is 5.32 Å².